The Balaban J connectivity index is 1.84. The molecular weight excluding hydrogens is 324 g/mol. The Bertz CT molecular complexity index is 744. The molecule has 0 atom stereocenters. The van der Waals surface area contributed by atoms with Gasteiger partial charge in [-0.2, -0.15) is 0 Å². The van der Waals surface area contributed by atoms with E-state index in [1.54, 1.807) is 18.2 Å². The fourth-order valence-electron chi connectivity index (χ4n) is 2.16. The maximum Gasteiger partial charge on any atom is 0.414 e. The lowest BCUT2D eigenvalue weighted by molar-refractivity contribution is 0.103. The molecule has 114 valence electrons. The molecule has 0 spiro atoms. The third-order valence-corrected chi connectivity index (χ3v) is 4.57. The number of amides is 2. The maximum absolute atomic E-state index is 12.2. The molecule has 1 aromatic heterocycles. The number of cyclic esters (lactones) is 1. The van der Waals surface area contributed by atoms with Gasteiger partial charge in [-0.1, -0.05) is 17.7 Å². The number of nitrogens with zero attached hydrogens (tertiary/aromatic N) is 1. The van der Waals surface area contributed by atoms with Crippen LogP contribution in [0.5, 0.6) is 0 Å². The topological polar surface area (TPSA) is 58.6 Å². The van der Waals surface area contributed by atoms with Gasteiger partial charge in [0, 0.05) is 11.4 Å². The van der Waals surface area contributed by atoms with Gasteiger partial charge >= 0.3 is 6.09 Å². The van der Waals surface area contributed by atoms with Crippen molar-refractivity contribution in [3.63, 3.8) is 0 Å². The zero-order valence-electron chi connectivity index (χ0n) is 11.8. The number of aryl methyl sites for hydroxylation is 1. The second kappa shape index (κ2) is 5.98. The van der Waals surface area contributed by atoms with E-state index >= 15 is 0 Å². The molecule has 1 aromatic carbocycles. The number of nitrogens with one attached hydrogen (secondary N) is 1. The van der Waals surface area contributed by atoms with E-state index in [9.17, 15) is 9.59 Å². The summed E-state index contributed by atoms with van der Waals surface area (Å²) < 4.78 is 5.50. The summed E-state index contributed by atoms with van der Waals surface area (Å²) in [5.74, 6) is -0.221. The first-order valence-corrected chi connectivity index (χ1v) is 7.85. The van der Waals surface area contributed by atoms with Gasteiger partial charge in [-0.15, -0.1) is 11.3 Å². The molecule has 2 aromatic rings. The van der Waals surface area contributed by atoms with Gasteiger partial charge in [0.05, 0.1) is 15.8 Å². The van der Waals surface area contributed by atoms with Gasteiger partial charge in [-0.3, -0.25) is 9.69 Å². The summed E-state index contributed by atoms with van der Waals surface area (Å²) in [5, 5.41) is 2.85. The highest BCUT2D eigenvalue weighted by atomic mass is 35.5. The first-order chi connectivity index (χ1) is 10.5. The van der Waals surface area contributed by atoms with Crippen molar-refractivity contribution in [2.75, 3.05) is 23.4 Å². The lowest BCUT2D eigenvalue weighted by atomic mass is 10.1. The normalized spacial score (nSPS) is 14.1. The molecule has 3 rings (SSSR count). The highest BCUT2D eigenvalue weighted by Gasteiger charge is 2.24. The summed E-state index contributed by atoms with van der Waals surface area (Å²) in [6, 6.07) is 8.83. The van der Waals surface area contributed by atoms with E-state index in [0.29, 0.717) is 33.7 Å². The van der Waals surface area contributed by atoms with Crippen molar-refractivity contribution in [3.8, 4) is 0 Å². The van der Waals surface area contributed by atoms with Gasteiger partial charge in [0.2, 0.25) is 0 Å². The van der Waals surface area contributed by atoms with Crippen molar-refractivity contribution in [3.05, 3.63) is 45.1 Å². The van der Waals surface area contributed by atoms with E-state index < -0.39 is 0 Å². The molecule has 0 aliphatic carbocycles. The average molecular weight is 337 g/mol. The van der Waals surface area contributed by atoms with Crippen LogP contribution >= 0.6 is 22.9 Å². The Morgan fingerprint density at radius 3 is 2.82 bits per heavy atom. The second-order valence-corrected chi connectivity index (χ2v) is 6.54. The van der Waals surface area contributed by atoms with Gasteiger partial charge in [-0.05, 0) is 36.8 Å². The van der Waals surface area contributed by atoms with E-state index in [2.05, 4.69) is 5.32 Å². The van der Waals surface area contributed by atoms with Crippen LogP contribution < -0.4 is 10.2 Å². The van der Waals surface area contributed by atoms with Crippen LogP contribution in [0.15, 0.2) is 30.3 Å². The SMILES string of the molecule is Cc1ccc(N2CCOC2=O)cc1NC(=O)c1ccc(Cl)s1. The molecule has 0 radical (unpaired) electrons. The molecule has 1 aliphatic heterocycles. The quantitative estimate of drug-likeness (QED) is 0.924. The summed E-state index contributed by atoms with van der Waals surface area (Å²) in [7, 11) is 0. The number of rotatable bonds is 3. The first-order valence-electron chi connectivity index (χ1n) is 6.66. The van der Waals surface area contributed by atoms with E-state index in [1.165, 1.54) is 16.2 Å². The molecule has 5 nitrogen and oxygen atoms in total. The van der Waals surface area contributed by atoms with Crippen LogP contribution in [0.1, 0.15) is 15.2 Å². The lowest BCUT2D eigenvalue weighted by Crippen LogP contribution is -2.23. The minimum atomic E-state index is -0.369. The van der Waals surface area contributed by atoms with Crippen molar-refractivity contribution < 1.29 is 14.3 Å². The molecule has 0 saturated carbocycles. The first kappa shape index (κ1) is 14.9. The summed E-state index contributed by atoms with van der Waals surface area (Å²) in [6.07, 6.45) is -0.369. The number of carbonyl (C=O) groups is 2. The highest BCUT2D eigenvalue weighted by Crippen LogP contribution is 2.27. The smallest absolute Gasteiger partial charge is 0.414 e. The largest absolute Gasteiger partial charge is 0.447 e. The number of thiophene rings is 1. The summed E-state index contributed by atoms with van der Waals surface area (Å²) >= 11 is 7.07. The van der Waals surface area contributed by atoms with Crippen LogP contribution in [0, 0.1) is 6.92 Å². The van der Waals surface area contributed by atoms with Crippen LogP contribution in [-0.2, 0) is 4.74 Å². The molecule has 22 heavy (non-hydrogen) atoms. The standard InChI is InChI=1S/C15H13ClN2O3S/c1-9-2-3-10(18-6-7-21-15(18)20)8-11(9)17-14(19)12-4-5-13(16)22-12/h2-5,8H,6-7H2,1H3,(H,17,19). The van der Waals surface area contributed by atoms with Gasteiger partial charge < -0.3 is 10.1 Å². The van der Waals surface area contributed by atoms with Crippen molar-refractivity contribution in [2.24, 2.45) is 0 Å². The number of anilines is 2. The van der Waals surface area contributed by atoms with Gasteiger partial charge in [0.15, 0.2) is 0 Å². The number of halogens is 1. The predicted octanol–water partition coefficient (Wildman–Crippen LogP) is 3.92. The fraction of sp³-hybridized carbons (Fsp3) is 0.200. The molecule has 1 fully saturated rings. The molecular formula is C15H13ClN2O3S. The van der Waals surface area contributed by atoms with Crippen LogP contribution in [-0.4, -0.2) is 25.2 Å². The van der Waals surface area contributed by atoms with E-state index in [4.69, 9.17) is 16.3 Å². The Morgan fingerprint density at radius 1 is 1.36 bits per heavy atom. The Labute approximate surface area is 136 Å². The average Bonchev–Trinajstić information content (AvgIpc) is 3.10. The Hall–Kier alpha value is -2.05. The van der Waals surface area contributed by atoms with E-state index in [1.807, 2.05) is 19.1 Å². The van der Waals surface area contributed by atoms with E-state index in [-0.39, 0.29) is 12.0 Å². The predicted molar refractivity (Wildman–Crippen MR) is 87.2 cm³/mol. The summed E-state index contributed by atoms with van der Waals surface area (Å²) in [4.78, 5) is 25.9. The molecule has 7 heteroatoms. The maximum atomic E-state index is 12.2. The van der Waals surface area contributed by atoms with Crippen molar-refractivity contribution >= 4 is 46.3 Å². The summed E-state index contributed by atoms with van der Waals surface area (Å²) in [5.41, 5.74) is 2.27. The molecule has 1 N–H and O–H groups in total. The number of carbonyl (C=O) groups excluding carboxylic acids is 2. The van der Waals surface area contributed by atoms with Crippen LogP contribution in [0.3, 0.4) is 0 Å². The number of ether oxygens (including phenoxy) is 1. The Kier molecular flexibility index (Phi) is 4.04. The van der Waals surface area contributed by atoms with Gasteiger partial charge in [0.1, 0.15) is 6.61 Å². The van der Waals surface area contributed by atoms with Gasteiger partial charge in [-0.25, -0.2) is 4.79 Å². The molecule has 2 heterocycles. The number of benzene rings is 1. The van der Waals surface area contributed by atoms with E-state index in [0.717, 1.165) is 5.56 Å². The Morgan fingerprint density at radius 2 is 2.18 bits per heavy atom. The third kappa shape index (κ3) is 2.93. The van der Waals surface area contributed by atoms with Crippen molar-refractivity contribution in [1.82, 2.24) is 0 Å². The molecule has 0 unspecified atom stereocenters. The van der Waals surface area contributed by atoms with Crippen LogP contribution in [0.4, 0.5) is 16.2 Å². The zero-order valence-corrected chi connectivity index (χ0v) is 13.3. The van der Waals surface area contributed by atoms with Crippen LogP contribution in [0.2, 0.25) is 4.34 Å². The molecule has 2 amide bonds. The molecule has 1 aliphatic rings. The third-order valence-electron chi connectivity index (χ3n) is 3.34. The van der Waals surface area contributed by atoms with Crippen LogP contribution in [0.25, 0.3) is 0 Å². The zero-order chi connectivity index (χ0) is 15.7. The number of hydrogen-bond acceptors (Lipinski definition) is 4. The van der Waals surface area contributed by atoms with Gasteiger partial charge in [0.25, 0.3) is 5.91 Å². The monoisotopic (exact) mass is 336 g/mol. The molecule has 1 saturated heterocycles. The highest BCUT2D eigenvalue weighted by molar-refractivity contribution is 7.18. The fourth-order valence-corrected chi connectivity index (χ4v) is 3.10. The molecule has 0 bridgehead atoms. The van der Waals surface area contributed by atoms with Crippen molar-refractivity contribution in [1.29, 1.82) is 0 Å². The van der Waals surface area contributed by atoms with Crippen molar-refractivity contribution in [2.45, 2.75) is 6.92 Å². The number of hydrogen-bond donors (Lipinski definition) is 1. The lowest BCUT2D eigenvalue weighted by Gasteiger charge is -2.15. The second-order valence-electron chi connectivity index (χ2n) is 4.82. The minimum Gasteiger partial charge on any atom is -0.447 e. The summed E-state index contributed by atoms with van der Waals surface area (Å²) in [6.45, 7) is 2.78. The minimum absolute atomic E-state index is 0.221.